The lowest BCUT2D eigenvalue weighted by Gasteiger charge is -2.14. The van der Waals surface area contributed by atoms with E-state index in [1.807, 2.05) is 18.9 Å². The van der Waals surface area contributed by atoms with Crippen LogP contribution in [0.4, 0.5) is 0 Å². The molecule has 0 aliphatic heterocycles. The van der Waals surface area contributed by atoms with Gasteiger partial charge in [-0.2, -0.15) is 0 Å². The summed E-state index contributed by atoms with van der Waals surface area (Å²) in [7, 11) is -1.56. The van der Waals surface area contributed by atoms with E-state index in [0.29, 0.717) is 18.0 Å². The predicted octanol–water partition coefficient (Wildman–Crippen LogP) is 0.470. The van der Waals surface area contributed by atoms with E-state index in [-0.39, 0.29) is 11.5 Å². The van der Waals surface area contributed by atoms with Crippen LogP contribution in [0, 0.1) is 0 Å². The molecule has 17 heavy (non-hydrogen) atoms. The Labute approximate surface area is 106 Å². The highest BCUT2D eigenvalue weighted by Gasteiger charge is 2.18. The number of hydrogen-bond donors (Lipinski definition) is 2. The Bertz CT molecular complexity index is 442. The zero-order valence-corrected chi connectivity index (χ0v) is 11.6. The molecule has 0 bridgehead atoms. The zero-order chi connectivity index (χ0) is 12.9. The largest absolute Gasteiger partial charge is 0.391 e. The molecule has 0 atom stereocenters. The molecule has 7 heteroatoms. The maximum absolute atomic E-state index is 11.9. The highest BCUT2D eigenvalue weighted by atomic mass is 32.2. The highest BCUT2D eigenvalue weighted by molar-refractivity contribution is 7.89. The van der Waals surface area contributed by atoms with Crippen molar-refractivity contribution in [1.82, 2.24) is 9.62 Å². The van der Waals surface area contributed by atoms with Crippen LogP contribution in [0.15, 0.2) is 16.3 Å². The van der Waals surface area contributed by atoms with Crippen LogP contribution in [0.3, 0.4) is 0 Å². The Hall–Kier alpha value is -0.470. The van der Waals surface area contributed by atoms with E-state index in [1.165, 1.54) is 17.4 Å². The SMILES string of the molecule is CCN(C)CCNS(=O)(=O)c1ccsc1CO. The monoisotopic (exact) mass is 278 g/mol. The molecule has 0 aromatic carbocycles. The quantitative estimate of drug-likeness (QED) is 0.761. The molecular formula is C10H18N2O3S2. The topological polar surface area (TPSA) is 69.6 Å². The first-order chi connectivity index (χ1) is 8.01. The van der Waals surface area contributed by atoms with Gasteiger partial charge in [0.25, 0.3) is 0 Å². The molecule has 0 saturated carbocycles. The molecule has 0 fully saturated rings. The number of likely N-dealkylation sites (N-methyl/N-ethyl adjacent to an activating group) is 1. The van der Waals surface area contributed by atoms with E-state index >= 15 is 0 Å². The molecule has 0 radical (unpaired) electrons. The Morgan fingerprint density at radius 3 is 2.82 bits per heavy atom. The normalized spacial score (nSPS) is 12.2. The van der Waals surface area contributed by atoms with Gasteiger partial charge in [-0.3, -0.25) is 0 Å². The van der Waals surface area contributed by atoms with Crippen molar-refractivity contribution >= 4 is 21.4 Å². The number of nitrogens with one attached hydrogen (secondary N) is 1. The maximum atomic E-state index is 11.9. The van der Waals surface area contributed by atoms with Gasteiger partial charge in [-0.25, -0.2) is 13.1 Å². The molecule has 1 aromatic heterocycles. The second-order valence-corrected chi connectivity index (χ2v) is 6.40. The summed E-state index contributed by atoms with van der Waals surface area (Å²) in [5.74, 6) is 0. The zero-order valence-electron chi connectivity index (χ0n) is 10.0. The fourth-order valence-electron chi connectivity index (χ4n) is 1.29. The third kappa shape index (κ3) is 4.04. The second kappa shape index (κ2) is 6.46. The van der Waals surface area contributed by atoms with Crippen molar-refractivity contribution in [3.05, 3.63) is 16.3 Å². The standard InChI is InChI=1S/C10H18N2O3S2/c1-3-12(2)6-5-11-17(14,15)10-4-7-16-9(10)8-13/h4,7,11,13H,3,5-6,8H2,1-2H3. The van der Waals surface area contributed by atoms with Gasteiger partial charge >= 0.3 is 0 Å². The third-order valence-electron chi connectivity index (χ3n) is 2.46. The summed E-state index contributed by atoms with van der Waals surface area (Å²) in [6.07, 6.45) is 0. The first kappa shape index (κ1) is 14.6. The summed E-state index contributed by atoms with van der Waals surface area (Å²) >= 11 is 1.24. The van der Waals surface area contributed by atoms with Crippen LogP contribution in [-0.2, 0) is 16.6 Å². The molecule has 98 valence electrons. The van der Waals surface area contributed by atoms with Crippen LogP contribution in [0.2, 0.25) is 0 Å². The molecule has 0 aliphatic carbocycles. The Balaban J connectivity index is 2.63. The fraction of sp³-hybridized carbons (Fsp3) is 0.600. The van der Waals surface area contributed by atoms with Gasteiger partial charge in [0.1, 0.15) is 0 Å². The van der Waals surface area contributed by atoms with Crippen LogP contribution < -0.4 is 4.72 Å². The van der Waals surface area contributed by atoms with Crippen molar-refractivity contribution in [3.63, 3.8) is 0 Å². The van der Waals surface area contributed by atoms with E-state index < -0.39 is 10.0 Å². The van der Waals surface area contributed by atoms with Gasteiger partial charge in [0.15, 0.2) is 0 Å². The number of thiophene rings is 1. The molecule has 2 N–H and O–H groups in total. The Kier molecular flexibility index (Phi) is 5.54. The molecule has 1 aromatic rings. The van der Waals surface area contributed by atoms with Crippen LogP contribution in [0.5, 0.6) is 0 Å². The van der Waals surface area contributed by atoms with E-state index in [2.05, 4.69) is 4.72 Å². The molecule has 0 saturated heterocycles. The van der Waals surface area contributed by atoms with Gasteiger partial charge in [0.05, 0.1) is 11.5 Å². The van der Waals surface area contributed by atoms with Gasteiger partial charge in [-0.05, 0) is 25.0 Å². The maximum Gasteiger partial charge on any atom is 0.241 e. The van der Waals surface area contributed by atoms with Crippen molar-refractivity contribution in [2.45, 2.75) is 18.4 Å². The minimum atomic E-state index is -3.49. The van der Waals surface area contributed by atoms with Crippen LogP contribution in [-0.4, -0.2) is 45.1 Å². The van der Waals surface area contributed by atoms with Gasteiger partial charge in [0, 0.05) is 18.0 Å². The van der Waals surface area contributed by atoms with Gasteiger partial charge in [0.2, 0.25) is 10.0 Å². The predicted molar refractivity (Wildman–Crippen MR) is 68.6 cm³/mol. The number of rotatable bonds is 7. The van der Waals surface area contributed by atoms with Crippen LogP contribution >= 0.6 is 11.3 Å². The summed E-state index contributed by atoms with van der Waals surface area (Å²) in [6.45, 7) is 3.67. The van der Waals surface area contributed by atoms with Crippen molar-refractivity contribution in [2.24, 2.45) is 0 Å². The average molecular weight is 278 g/mol. The summed E-state index contributed by atoms with van der Waals surface area (Å²) < 4.78 is 26.3. The second-order valence-electron chi connectivity index (χ2n) is 3.66. The summed E-state index contributed by atoms with van der Waals surface area (Å²) in [4.78, 5) is 2.67. The summed E-state index contributed by atoms with van der Waals surface area (Å²) in [6, 6.07) is 1.52. The molecule has 5 nitrogen and oxygen atoms in total. The molecule has 0 amide bonds. The van der Waals surface area contributed by atoms with Crippen molar-refractivity contribution in [3.8, 4) is 0 Å². The molecule has 1 rings (SSSR count). The van der Waals surface area contributed by atoms with E-state index in [4.69, 9.17) is 5.11 Å². The summed E-state index contributed by atoms with van der Waals surface area (Å²) in [5.41, 5.74) is 0. The Morgan fingerprint density at radius 2 is 2.24 bits per heavy atom. The van der Waals surface area contributed by atoms with E-state index in [9.17, 15) is 8.42 Å². The third-order valence-corrected chi connectivity index (χ3v) is 5.04. The number of nitrogens with zero attached hydrogens (tertiary/aromatic N) is 1. The van der Waals surface area contributed by atoms with Crippen molar-refractivity contribution < 1.29 is 13.5 Å². The minimum absolute atomic E-state index is 0.184. The lowest BCUT2D eigenvalue weighted by Crippen LogP contribution is -2.33. The fourth-order valence-corrected chi connectivity index (χ4v) is 3.60. The molecule has 0 unspecified atom stereocenters. The van der Waals surface area contributed by atoms with Crippen LogP contribution in [0.1, 0.15) is 11.8 Å². The lowest BCUT2D eigenvalue weighted by molar-refractivity contribution is 0.282. The number of aliphatic hydroxyl groups excluding tert-OH is 1. The Morgan fingerprint density at radius 1 is 1.53 bits per heavy atom. The summed E-state index contributed by atoms with van der Waals surface area (Å²) in [5, 5.41) is 10.7. The minimum Gasteiger partial charge on any atom is -0.391 e. The molecular weight excluding hydrogens is 260 g/mol. The molecule has 1 heterocycles. The molecule has 0 aliphatic rings. The van der Waals surface area contributed by atoms with E-state index in [0.717, 1.165) is 6.54 Å². The van der Waals surface area contributed by atoms with Gasteiger partial charge in [-0.1, -0.05) is 6.92 Å². The lowest BCUT2D eigenvalue weighted by atomic mass is 10.5. The average Bonchev–Trinajstić information content (AvgIpc) is 2.77. The first-order valence-electron chi connectivity index (χ1n) is 5.36. The number of sulfonamides is 1. The highest BCUT2D eigenvalue weighted by Crippen LogP contribution is 2.21. The van der Waals surface area contributed by atoms with Crippen LogP contribution in [0.25, 0.3) is 0 Å². The van der Waals surface area contributed by atoms with E-state index in [1.54, 1.807) is 5.38 Å². The molecule has 0 spiro atoms. The van der Waals surface area contributed by atoms with Crippen molar-refractivity contribution in [1.29, 1.82) is 0 Å². The smallest absolute Gasteiger partial charge is 0.241 e. The number of aliphatic hydroxyl groups is 1. The van der Waals surface area contributed by atoms with Gasteiger partial charge in [-0.15, -0.1) is 11.3 Å². The number of hydrogen-bond acceptors (Lipinski definition) is 5. The van der Waals surface area contributed by atoms with Crippen molar-refractivity contribution in [2.75, 3.05) is 26.7 Å². The first-order valence-corrected chi connectivity index (χ1v) is 7.73. The van der Waals surface area contributed by atoms with Gasteiger partial charge < -0.3 is 10.0 Å².